The smallest absolute Gasteiger partial charge is 0.340 e. The van der Waals surface area contributed by atoms with Crippen LogP contribution in [-0.2, 0) is 17.4 Å². The molecule has 0 aliphatic carbocycles. The zero-order valence-electron chi connectivity index (χ0n) is 22.1. The van der Waals surface area contributed by atoms with Gasteiger partial charge in [0.05, 0.1) is 17.6 Å². The van der Waals surface area contributed by atoms with Crippen molar-refractivity contribution in [2.24, 2.45) is 0 Å². The molecule has 206 valence electrons. The van der Waals surface area contributed by atoms with E-state index in [2.05, 4.69) is 35.4 Å². The van der Waals surface area contributed by atoms with Crippen molar-refractivity contribution in [1.82, 2.24) is 14.7 Å². The molecule has 2 amide bonds. The number of thiophene rings is 1. The summed E-state index contributed by atoms with van der Waals surface area (Å²) in [4.78, 5) is 34.0. The molecule has 2 aromatic carbocycles. The predicted octanol–water partition coefficient (Wildman–Crippen LogP) is 5.79. The van der Waals surface area contributed by atoms with Crippen molar-refractivity contribution in [3.63, 3.8) is 0 Å². The first kappa shape index (κ1) is 27.4. The van der Waals surface area contributed by atoms with Gasteiger partial charge in [0.25, 0.3) is 5.91 Å². The number of alkyl halides is 3. The van der Waals surface area contributed by atoms with Crippen LogP contribution >= 0.6 is 11.3 Å². The largest absolute Gasteiger partial charge is 0.416 e. The lowest BCUT2D eigenvalue weighted by Crippen LogP contribution is -2.51. The Morgan fingerprint density at radius 2 is 1.59 bits per heavy atom. The van der Waals surface area contributed by atoms with Gasteiger partial charge in [-0.3, -0.25) is 14.5 Å². The predicted molar refractivity (Wildman–Crippen MR) is 146 cm³/mol. The van der Waals surface area contributed by atoms with Crippen LogP contribution < -0.4 is 0 Å². The molecule has 2 atom stereocenters. The Morgan fingerprint density at radius 3 is 2.31 bits per heavy atom. The van der Waals surface area contributed by atoms with Crippen LogP contribution in [0.5, 0.6) is 0 Å². The summed E-state index contributed by atoms with van der Waals surface area (Å²) in [6.07, 6.45) is -2.93. The van der Waals surface area contributed by atoms with Crippen molar-refractivity contribution < 1.29 is 22.8 Å². The van der Waals surface area contributed by atoms with Gasteiger partial charge in [-0.1, -0.05) is 24.3 Å². The Balaban J connectivity index is 1.29. The molecule has 3 heterocycles. The van der Waals surface area contributed by atoms with Gasteiger partial charge in [-0.15, -0.1) is 11.3 Å². The van der Waals surface area contributed by atoms with Crippen LogP contribution in [0.4, 0.5) is 13.2 Å². The van der Waals surface area contributed by atoms with Gasteiger partial charge in [0.15, 0.2) is 0 Å². The Kier molecular flexibility index (Phi) is 7.82. The monoisotopic (exact) mass is 555 g/mol. The molecule has 9 heteroatoms. The highest BCUT2D eigenvalue weighted by Gasteiger charge is 2.37. The summed E-state index contributed by atoms with van der Waals surface area (Å²) in [7, 11) is 0. The van der Waals surface area contributed by atoms with E-state index in [1.807, 2.05) is 24.0 Å². The fourth-order valence-corrected chi connectivity index (χ4v) is 6.63. The van der Waals surface area contributed by atoms with Crippen molar-refractivity contribution in [3.8, 4) is 0 Å². The molecule has 0 saturated carbocycles. The molecule has 0 N–H and O–H groups in total. The van der Waals surface area contributed by atoms with Crippen molar-refractivity contribution >= 4 is 23.2 Å². The number of nitrogens with zero attached hydrogens (tertiary/aromatic N) is 3. The minimum atomic E-state index is -4.45. The van der Waals surface area contributed by atoms with Crippen LogP contribution in [0, 0.1) is 6.92 Å². The first-order valence-corrected chi connectivity index (χ1v) is 14.2. The number of fused-ring (bicyclic) bond motifs is 1. The number of hydrogen-bond acceptors (Lipinski definition) is 4. The normalized spacial score (nSPS) is 19.4. The van der Waals surface area contributed by atoms with Crippen LogP contribution in [0.2, 0.25) is 0 Å². The summed E-state index contributed by atoms with van der Waals surface area (Å²) in [6.45, 7) is 6.58. The van der Waals surface area contributed by atoms with Gasteiger partial charge in [-0.05, 0) is 79.1 Å². The number of carbonyl (C=O) groups is 2. The third-order valence-electron chi connectivity index (χ3n) is 7.90. The number of halogens is 3. The molecule has 5 rings (SSSR count). The van der Waals surface area contributed by atoms with Gasteiger partial charge < -0.3 is 9.80 Å². The second-order valence-corrected chi connectivity index (χ2v) is 11.3. The van der Waals surface area contributed by atoms with E-state index in [1.54, 1.807) is 16.2 Å². The quantitative estimate of drug-likeness (QED) is 0.410. The van der Waals surface area contributed by atoms with Crippen LogP contribution in [0.3, 0.4) is 0 Å². The van der Waals surface area contributed by atoms with E-state index in [1.165, 1.54) is 33.7 Å². The van der Waals surface area contributed by atoms with Gasteiger partial charge in [0, 0.05) is 43.2 Å². The van der Waals surface area contributed by atoms with Gasteiger partial charge in [0.1, 0.15) is 0 Å². The number of aryl methyl sites for hydroxylation is 1. The molecule has 1 saturated heterocycles. The minimum Gasteiger partial charge on any atom is -0.340 e. The molecule has 1 fully saturated rings. The Hall–Kier alpha value is -3.17. The first-order valence-electron chi connectivity index (χ1n) is 13.3. The van der Waals surface area contributed by atoms with Gasteiger partial charge in [-0.25, -0.2) is 0 Å². The van der Waals surface area contributed by atoms with Crippen LogP contribution in [0.25, 0.3) is 0 Å². The van der Waals surface area contributed by atoms with Gasteiger partial charge >= 0.3 is 6.18 Å². The fourth-order valence-electron chi connectivity index (χ4n) is 5.72. The lowest BCUT2D eigenvalue weighted by Gasteiger charge is -2.41. The average molecular weight is 556 g/mol. The Morgan fingerprint density at radius 1 is 0.897 bits per heavy atom. The molecule has 5 nitrogen and oxygen atoms in total. The zero-order valence-corrected chi connectivity index (χ0v) is 22.9. The minimum absolute atomic E-state index is 0.00451. The molecule has 3 aromatic rings. The van der Waals surface area contributed by atoms with Crippen molar-refractivity contribution in [1.29, 1.82) is 0 Å². The molecule has 0 bridgehead atoms. The first-order chi connectivity index (χ1) is 18.6. The van der Waals surface area contributed by atoms with Crippen LogP contribution in [0.15, 0.2) is 60.0 Å². The second kappa shape index (κ2) is 11.1. The number of carbonyl (C=O) groups excluding carboxylic acids is 2. The van der Waals surface area contributed by atoms with Crippen LogP contribution in [0.1, 0.15) is 56.9 Å². The topological polar surface area (TPSA) is 43.9 Å². The second-order valence-electron chi connectivity index (χ2n) is 10.3. The van der Waals surface area contributed by atoms with E-state index in [4.69, 9.17) is 0 Å². The summed E-state index contributed by atoms with van der Waals surface area (Å²) < 4.78 is 38.7. The highest BCUT2D eigenvalue weighted by atomic mass is 32.1. The third-order valence-corrected chi connectivity index (χ3v) is 8.89. The maximum atomic E-state index is 13.8. The molecule has 2 aliphatic rings. The summed E-state index contributed by atoms with van der Waals surface area (Å²) in [5.41, 5.74) is 3.11. The van der Waals surface area contributed by atoms with Crippen molar-refractivity contribution in [2.75, 3.05) is 32.7 Å². The summed E-state index contributed by atoms with van der Waals surface area (Å²) >= 11 is 1.77. The third kappa shape index (κ3) is 5.61. The summed E-state index contributed by atoms with van der Waals surface area (Å²) in [6, 6.07) is 14.5. The van der Waals surface area contributed by atoms with E-state index in [9.17, 15) is 22.8 Å². The van der Waals surface area contributed by atoms with Crippen LogP contribution in [-0.4, -0.2) is 65.3 Å². The summed E-state index contributed by atoms with van der Waals surface area (Å²) in [5, 5.41) is 2.13. The van der Waals surface area contributed by atoms with Crippen molar-refractivity contribution in [2.45, 2.75) is 44.9 Å². The number of amides is 2. The van der Waals surface area contributed by atoms with Gasteiger partial charge in [0.2, 0.25) is 5.91 Å². The number of hydrogen-bond donors (Lipinski definition) is 0. The van der Waals surface area contributed by atoms with E-state index in [0.29, 0.717) is 32.6 Å². The Labute approximate surface area is 230 Å². The lowest BCUT2D eigenvalue weighted by molar-refractivity contribution is -0.138. The standard InChI is InChI=1S/C30H32F3N3O2S/c1-20-6-3-4-7-24(20)27-25-13-19-39-26(25)12-16-36(27)21(2)28(37)34-14-5-15-35(18-17-34)29(38)22-8-10-23(11-9-22)30(31,32)33/h3-4,6-11,13,19,21,27H,5,12,14-18H2,1-2H3/t21-,27-/m0/s1. The van der Waals surface area contributed by atoms with E-state index < -0.39 is 11.7 Å². The fraction of sp³-hybridized carbons (Fsp3) is 0.400. The van der Waals surface area contributed by atoms with E-state index in [-0.39, 0.29) is 29.5 Å². The molecule has 0 spiro atoms. The van der Waals surface area contributed by atoms with E-state index in [0.717, 1.165) is 25.1 Å². The number of rotatable bonds is 4. The molecule has 0 radical (unpaired) electrons. The highest BCUT2D eigenvalue weighted by Crippen LogP contribution is 2.40. The van der Waals surface area contributed by atoms with Crippen molar-refractivity contribution in [3.05, 3.63) is 92.7 Å². The molecular formula is C30H32F3N3O2S. The van der Waals surface area contributed by atoms with Gasteiger partial charge in [-0.2, -0.15) is 13.2 Å². The maximum Gasteiger partial charge on any atom is 0.416 e. The van der Waals surface area contributed by atoms with E-state index >= 15 is 0 Å². The molecule has 0 unspecified atom stereocenters. The average Bonchev–Trinajstić information content (AvgIpc) is 3.27. The summed E-state index contributed by atoms with van der Waals surface area (Å²) in [5.74, 6) is -0.275. The maximum absolute atomic E-state index is 13.8. The molecule has 39 heavy (non-hydrogen) atoms. The highest BCUT2D eigenvalue weighted by molar-refractivity contribution is 7.10. The SMILES string of the molecule is Cc1ccccc1[C@H]1c2ccsc2CCN1[C@@H](C)C(=O)N1CCCN(C(=O)c2ccc(C(F)(F)F)cc2)CC1. The zero-order chi connectivity index (χ0) is 27.7. The molecular weight excluding hydrogens is 523 g/mol. The Bertz CT molecular complexity index is 1340. The number of benzene rings is 2. The molecule has 1 aromatic heterocycles. The lowest BCUT2D eigenvalue weighted by atomic mass is 9.89. The molecule has 2 aliphatic heterocycles.